The largest absolute Gasteiger partial charge is 0.459 e. The Hall–Kier alpha value is -2.29. The van der Waals surface area contributed by atoms with Gasteiger partial charge in [0.25, 0.3) is 0 Å². The van der Waals surface area contributed by atoms with Crippen LogP contribution in [-0.4, -0.2) is 32.0 Å². The topological polar surface area (TPSA) is 46.5 Å². The summed E-state index contributed by atoms with van der Waals surface area (Å²) in [6, 6.07) is 11.8. The second kappa shape index (κ2) is 7.14. The molecular formula is C17H14F5NO2S. The van der Waals surface area contributed by atoms with E-state index in [1.807, 2.05) is 0 Å². The van der Waals surface area contributed by atoms with Crippen molar-refractivity contribution in [3.8, 4) is 0 Å². The van der Waals surface area contributed by atoms with Gasteiger partial charge in [-0.15, -0.1) is 0 Å². The standard InChI is InChI=1S/C17H14F5NO2S/c1-12-7-9-14(10-8-12)26(24,25)11-15(16(18,19)17(20,21)22)23-13-5-3-2-4-6-13/h2-10H,11H2,1H3. The van der Waals surface area contributed by atoms with E-state index in [2.05, 4.69) is 4.99 Å². The predicted molar refractivity (Wildman–Crippen MR) is 87.8 cm³/mol. The molecule has 26 heavy (non-hydrogen) atoms. The van der Waals surface area contributed by atoms with Crippen LogP contribution in [0.15, 0.2) is 64.5 Å². The van der Waals surface area contributed by atoms with Crippen LogP contribution in [0.4, 0.5) is 27.6 Å². The van der Waals surface area contributed by atoms with Gasteiger partial charge in [-0.3, -0.25) is 4.99 Å². The number of alkyl halides is 5. The number of para-hydroxylation sites is 1. The van der Waals surface area contributed by atoms with Crippen LogP contribution >= 0.6 is 0 Å². The van der Waals surface area contributed by atoms with Crippen LogP contribution in [0.5, 0.6) is 0 Å². The number of nitrogens with zero attached hydrogens (tertiary/aromatic N) is 1. The van der Waals surface area contributed by atoms with Crippen LogP contribution in [0.3, 0.4) is 0 Å². The van der Waals surface area contributed by atoms with E-state index in [1.165, 1.54) is 42.5 Å². The van der Waals surface area contributed by atoms with Crippen molar-refractivity contribution >= 4 is 21.2 Å². The summed E-state index contributed by atoms with van der Waals surface area (Å²) < 4.78 is 90.8. The van der Waals surface area contributed by atoms with Crippen molar-refractivity contribution in [2.24, 2.45) is 4.99 Å². The second-order valence-electron chi connectivity index (χ2n) is 5.54. The highest BCUT2D eigenvalue weighted by molar-refractivity contribution is 7.92. The number of rotatable bonds is 5. The van der Waals surface area contributed by atoms with Gasteiger partial charge in [-0.25, -0.2) is 8.42 Å². The molecule has 0 atom stereocenters. The molecule has 0 bridgehead atoms. The van der Waals surface area contributed by atoms with Crippen molar-refractivity contribution in [3.63, 3.8) is 0 Å². The second-order valence-corrected chi connectivity index (χ2v) is 7.53. The van der Waals surface area contributed by atoms with Gasteiger partial charge in [-0.05, 0) is 31.2 Å². The van der Waals surface area contributed by atoms with E-state index in [4.69, 9.17) is 0 Å². The van der Waals surface area contributed by atoms with E-state index in [-0.39, 0.29) is 10.6 Å². The van der Waals surface area contributed by atoms with Gasteiger partial charge in [0.15, 0.2) is 9.84 Å². The van der Waals surface area contributed by atoms with Gasteiger partial charge in [-0.2, -0.15) is 22.0 Å². The van der Waals surface area contributed by atoms with Crippen LogP contribution < -0.4 is 0 Å². The van der Waals surface area contributed by atoms with Crippen LogP contribution in [-0.2, 0) is 9.84 Å². The molecule has 0 saturated carbocycles. The fraction of sp³-hybridized carbons (Fsp3) is 0.235. The number of hydrogen-bond donors (Lipinski definition) is 0. The molecule has 0 N–H and O–H groups in total. The molecule has 2 aromatic carbocycles. The summed E-state index contributed by atoms with van der Waals surface area (Å²) in [4.78, 5) is 2.93. The Morgan fingerprint density at radius 1 is 0.923 bits per heavy atom. The molecule has 140 valence electrons. The van der Waals surface area contributed by atoms with Crippen LogP contribution in [0, 0.1) is 6.92 Å². The first-order valence-corrected chi connectivity index (χ1v) is 8.96. The molecule has 9 heteroatoms. The van der Waals surface area contributed by atoms with Crippen molar-refractivity contribution in [2.75, 3.05) is 5.75 Å². The normalized spacial score (nSPS) is 13.7. The Morgan fingerprint density at radius 3 is 1.96 bits per heavy atom. The van der Waals surface area contributed by atoms with Gasteiger partial charge in [0.1, 0.15) is 5.71 Å². The van der Waals surface area contributed by atoms with Gasteiger partial charge in [-0.1, -0.05) is 35.9 Å². The number of benzene rings is 2. The fourth-order valence-electron chi connectivity index (χ4n) is 2.02. The Labute approximate surface area is 147 Å². The summed E-state index contributed by atoms with van der Waals surface area (Å²) in [6.07, 6.45) is -5.97. The van der Waals surface area contributed by atoms with Gasteiger partial charge >= 0.3 is 12.1 Å². The van der Waals surface area contributed by atoms with Crippen molar-refractivity contribution in [1.29, 1.82) is 0 Å². The molecule has 0 aromatic heterocycles. The summed E-state index contributed by atoms with van der Waals surface area (Å²) >= 11 is 0. The van der Waals surface area contributed by atoms with Crippen molar-refractivity contribution in [2.45, 2.75) is 23.9 Å². The molecule has 0 radical (unpaired) electrons. The zero-order chi connectivity index (χ0) is 19.6. The molecule has 0 saturated heterocycles. The van der Waals surface area contributed by atoms with Crippen LogP contribution in [0.25, 0.3) is 0 Å². The average Bonchev–Trinajstić information content (AvgIpc) is 2.54. The van der Waals surface area contributed by atoms with Crippen molar-refractivity contribution < 1.29 is 30.4 Å². The minimum absolute atomic E-state index is 0.203. The Balaban J connectivity index is 2.51. The predicted octanol–water partition coefficient (Wildman–Crippen LogP) is 4.74. The number of aryl methyl sites for hydroxylation is 1. The van der Waals surface area contributed by atoms with Gasteiger partial charge < -0.3 is 0 Å². The lowest BCUT2D eigenvalue weighted by Crippen LogP contribution is -2.46. The first kappa shape index (κ1) is 20.0. The monoisotopic (exact) mass is 391 g/mol. The Bertz CT molecular complexity index is 889. The first-order chi connectivity index (χ1) is 11.9. The molecule has 0 amide bonds. The molecule has 0 spiro atoms. The van der Waals surface area contributed by atoms with Crippen LogP contribution in [0.1, 0.15) is 5.56 Å². The molecule has 3 nitrogen and oxygen atoms in total. The number of aliphatic imine (C=N–C) groups is 1. The summed E-state index contributed by atoms with van der Waals surface area (Å²) in [6.45, 7) is 1.68. The highest BCUT2D eigenvalue weighted by atomic mass is 32.2. The van der Waals surface area contributed by atoms with E-state index in [0.717, 1.165) is 12.1 Å². The summed E-state index contributed by atoms with van der Waals surface area (Å²) in [7, 11) is -4.45. The third-order valence-corrected chi connectivity index (χ3v) is 5.09. The maximum atomic E-state index is 13.9. The van der Waals surface area contributed by atoms with Crippen molar-refractivity contribution in [3.05, 3.63) is 60.2 Å². The molecule has 0 unspecified atom stereocenters. The van der Waals surface area contributed by atoms with Gasteiger partial charge in [0, 0.05) is 0 Å². The zero-order valence-corrected chi connectivity index (χ0v) is 14.3. The summed E-state index contributed by atoms with van der Waals surface area (Å²) in [5, 5.41) is 0. The number of sulfone groups is 1. The molecule has 0 aliphatic heterocycles. The average molecular weight is 391 g/mol. The van der Waals surface area contributed by atoms with E-state index in [0.29, 0.717) is 5.56 Å². The van der Waals surface area contributed by atoms with E-state index < -0.39 is 33.4 Å². The quantitative estimate of drug-likeness (QED) is 0.546. The smallest absolute Gasteiger partial charge is 0.250 e. The SMILES string of the molecule is Cc1ccc(S(=O)(=O)CC(=Nc2ccccc2)C(F)(F)C(F)(F)F)cc1. The first-order valence-electron chi connectivity index (χ1n) is 7.30. The van der Waals surface area contributed by atoms with E-state index in [9.17, 15) is 30.4 Å². The molecule has 2 aromatic rings. The minimum Gasteiger partial charge on any atom is -0.250 e. The molecule has 0 aliphatic carbocycles. The molecule has 2 rings (SSSR count). The summed E-state index contributed by atoms with van der Waals surface area (Å²) in [5.41, 5.74) is -1.27. The molecular weight excluding hydrogens is 377 g/mol. The maximum Gasteiger partial charge on any atom is 0.459 e. The van der Waals surface area contributed by atoms with Crippen LogP contribution in [0.2, 0.25) is 0 Å². The Morgan fingerprint density at radius 2 is 1.46 bits per heavy atom. The highest BCUT2D eigenvalue weighted by Gasteiger charge is 2.61. The fourth-order valence-corrected chi connectivity index (χ4v) is 3.35. The van der Waals surface area contributed by atoms with E-state index in [1.54, 1.807) is 6.92 Å². The lowest BCUT2D eigenvalue weighted by molar-refractivity contribution is -0.249. The molecule has 0 heterocycles. The lowest BCUT2D eigenvalue weighted by atomic mass is 10.2. The van der Waals surface area contributed by atoms with Gasteiger partial charge in [0.2, 0.25) is 0 Å². The number of halogens is 5. The number of hydrogen-bond acceptors (Lipinski definition) is 3. The highest BCUT2D eigenvalue weighted by Crippen LogP contribution is 2.38. The molecule has 0 aliphatic rings. The van der Waals surface area contributed by atoms with Gasteiger partial charge in [0.05, 0.1) is 16.3 Å². The lowest BCUT2D eigenvalue weighted by Gasteiger charge is -2.21. The minimum atomic E-state index is -5.97. The third kappa shape index (κ3) is 4.46. The Kier molecular flexibility index (Phi) is 5.50. The van der Waals surface area contributed by atoms with E-state index >= 15 is 0 Å². The third-order valence-electron chi connectivity index (χ3n) is 3.45. The maximum absolute atomic E-state index is 13.9. The summed E-state index contributed by atoms with van der Waals surface area (Å²) in [5.74, 6) is -6.95. The molecule has 0 fully saturated rings. The zero-order valence-electron chi connectivity index (χ0n) is 13.5. The van der Waals surface area contributed by atoms with Crippen molar-refractivity contribution in [1.82, 2.24) is 0 Å².